The van der Waals surface area contributed by atoms with Crippen LogP contribution in [0.4, 0.5) is 0 Å². The number of hydrogen-bond acceptors (Lipinski definition) is 5. The minimum atomic E-state index is -3.40. The fourth-order valence-corrected chi connectivity index (χ4v) is 2.61. The van der Waals surface area contributed by atoms with Crippen LogP contribution in [0.5, 0.6) is 11.5 Å². The maximum absolute atomic E-state index is 11.8. The van der Waals surface area contributed by atoms with Gasteiger partial charge in [-0.3, -0.25) is 4.79 Å². The molecule has 116 valence electrons. The Kier molecular flexibility index (Phi) is 4.69. The summed E-state index contributed by atoms with van der Waals surface area (Å²) in [5.41, 5.74) is 0.846. The number of fused-ring (bicyclic) bond motifs is 1. The molecule has 2 rings (SSSR count). The van der Waals surface area contributed by atoms with Crippen molar-refractivity contribution < 1.29 is 22.7 Å². The van der Waals surface area contributed by atoms with E-state index in [2.05, 4.69) is 10.0 Å². The fourth-order valence-electron chi connectivity index (χ4n) is 1.80. The van der Waals surface area contributed by atoms with Gasteiger partial charge in [-0.25, -0.2) is 13.1 Å². The van der Waals surface area contributed by atoms with E-state index < -0.39 is 16.1 Å². The number of sulfonamides is 1. The molecule has 1 amide bonds. The summed E-state index contributed by atoms with van der Waals surface area (Å²) < 4.78 is 35.5. The summed E-state index contributed by atoms with van der Waals surface area (Å²) in [6, 6.07) is 4.55. The average Bonchev–Trinajstić information content (AvgIpc) is 2.91. The summed E-state index contributed by atoms with van der Waals surface area (Å²) >= 11 is 0. The first-order chi connectivity index (χ1) is 9.91. The molecule has 0 aliphatic carbocycles. The zero-order chi connectivity index (χ0) is 15.5. The highest BCUT2D eigenvalue weighted by Gasteiger charge is 2.19. The van der Waals surface area contributed by atoms with E-state index in [1.165, 1.54) is 13.8 Å². The lowest BCUT2D eigenvalue weighted by Gasteiger charge is -2.13. The van der Waals surface area contributed by atoms with Gasteiger partial charge >= 0.3 is 0 Å². The number of nitrogens with one attached hydrogen (secondary N) is 2. The van der Waals surface area contributed by atoms with Crippen molar-refractivity contribution in [3.05, 3.63) is 23.8 Å². The van der Waals surface area contributed by atoms with Gasteiger partial charge in [0.15, 0.2) is 11.5 Å². The molecule has 1 aliphatic rings. The summed E-state index contributed by atoms with van der Waals surface area (Å²) in [6.07, 6.45) is 0. The molecule has 0 aromatic heterocycles. The number of amides is 1. The zero-order valence-corrected chi connectivity index (χ0v) is 12.7. The van der Waals surface area contributed by atoms with E-state index in [0.29, 0.717) is 11.5 Å². The van der Waals surface area contributed by atoms with Gasteiger partial charge in [-0.05, 0) is 31.5 Å². The molecular formula is C13H18N2O5S. The number of ether oxygens (including phenoxy) is 2. The van der Waals surface area contributed by atoms with E-state index in [1.54, 1.807) is 12.1 Å². The van der Waals surface area contributed by atoms with Crippen LogP contribution in [-0.4, -0.2) is 32.9 Å². The number of hydrogen-bond donors (Lipinski definition) is 2. The minimum absolute atomic E-state index is 0.0627. The summed E-state index contributed by atoms with van der Waals surface area (Å²) in [6.45, 7) is 3.50. The van der Waals surface area contributed by atoms with Gasteiger partial charge in [0.1, 0.15) is 0 Å². The van der Waals surface area contributed by atoms with Crippen LogP contribution in [0.2, 0.25) is 0 Å². The van der Waals surface area contributed by atoms with Crippen molar-refractivity contribution in [1.82, 2.24) is 10.0 Å². The molecule has 2 N–H and O–H groups in total. The fraction of sp³-hybridized carbons (Fsp3) is 0.462. The van der Waals surface area contributed by atoms with Crippen LogP contribution in [0.15, 0.2) is 18.2 Å². The van der Waals surface area contributed by atoms with E-state index in [0.717, 1.165) is 5.56 Å². The number of carbonyl (C=O) groups excluding carboxylic acids is 1. The van der Waals surface area contributed by atoms with Gasteiger partial charge in [0.05, 0.1) is 11.8 Å². The number of benzene rings is 1. The monoisotopic (exact) mass is 314 g/mol. The molecule has 1 atom stereocenters. The normalized spacial score (nSPS) is 14.8. The van der Waals surface area contributed by atoms with Gasteiger partial charge in [0, 0.05) is 6.54 Å². The van der Waals surface area contributed by atoms with Crippen LogP contribution < -0.4 is 19.5 Å². The molecule has 1 aromatic rings. The molecule has 0 fully saturated rings. The summed E-state index contributed by atoms with van der Waals surface area (Å²) in [7, 11) is -3.40. The second-order valence-electron chi connectivity index (χ2n) is 4.65. The van der Waals surface area contributed by atoms with E-state index in [9.17, 15) is 13.2 Å². The van der Waals surface area contributed by atoms with Crippen LogP contribution in [0.25, 0.3) is 0 Å². The van der Waals surface area contributed by atoms with Gasteiger partial charge in [-0.15, -0.1) is 0 Å². The van der Waals surface area contributed by atoms with Gasteiger partial charge in [0.25, 0.3) is 0 Å². The Balaban J connectivity index is 1.89. The Morgan fingerprint density at radius 1 is 1.33 bits per heavy atom. The quantitative estimate of drug-likeness (QED) is 0.791. The predicted octanol–water partition coefficient (Wildman–Crippen LogP) is 0.359. The van der Waals surface area contributed by atoms with Crippen LogP contribution >= 0.6 is 0 Å². The third kappa shape index (κ3) is 4.08. The summed E-state index contributed by atoms with van der Waals surface area (Å²) in [5, 5.41) is 2.67. The standard InChI is InChI=1S/C13H18N2O5S/c1-3-21(17,18)15-9(2)13(16)14-7-10-4-5-11-12(6-10)20-8-19-11/h4-6,9,15H,3,7-8H2,1-2H3,(H,14,16)/t9-/m0/s1. The Hall–Kier alpha value is -1.80. The van der Waals surface area contributed by atoms with Crippen molar-refractivity contribution in [1.29, 1.82) is 0 Å². The zero-order valence-electron chi connectivity index (χ0n) is 11.9. The van der Waals surface area contributed by atoms with Crippen molar-refractivity contribution in [3.8, 4) is 11.5 Å². The first kappa shape index (κ1) is 15.6. The predicted molar refractivity (Wildman–Crippen MR) is 76.5 cm³/mol. The molecule has 7 nitrogen and oxygen atoms in total. The highest BCUT2D eigenvalue weighted by Crippen LogP contribution is 2.32. The molecule has 1 aliphatic heterocycles. The molecule has 0 radical (unpaired) electrons. The first-order valence-electron chi connectivity index (χ1n) is 6.57. The second kappa shape index (κ2) is 6.31. The first-order valence-corrected chi connectivity index (χ1v) is 8.23. The lowest BCUT2D eigenvalue weighted by Crippen LogP contribution is -2.44. The molecule has 0 unspecified atom stereocenters. The smallest absolute Gasteiger partial charge is 0.238 e. The molecule has 1 aromatic carbocycles. The molecule has 0 saturated heterocycles. The summed E-state index contributed by atoms with van der Waals surface area (Å²) in [5.74, 6) is 0.868. The summed E-state index contributed by atoms with van der Waals surface area (Å²) in [4.78, 5) is 11.8. The molecule has 0 saturated carbocycles. The van der Waals surface area contributed by atoms with Crippen LogP contribution in [0.3, 0.4) is 0 Å². The topological polar surface area (TPSA) is 93.7 Å². The lowest BCUT2D eigenvalue weighted by molar-refractivity contribution is -0.122. The van der Waals surface area contributed by atoms with Crippen molar-refractivity contribution >= 4 is 15.9 Å². The largest absolute Gasteiger partial charge is 0.454 e. The second-order valence-corrected chi connectivity index (χ2v) is 6.69. The molecule has 8 heteroatoms. The molecule has 1 heterocycles. The number of carbonyl (C=O) groups is 1. The van der Waals surface area contributed by atoms with Gasteiger partial charge < -0.3 is 14.8 Å². The van der Waals surface area contributed by atoms with Gasteiger partial charge in [-0.2, -0.15) is 0 Å². The van der Waals surface area contributed by atoms with Crippen LogP contribution in [-0.2, 0) is 21.4 Å². The Bertz CT molecular complexity index is 629. The Morgan fingerprint density at radius 2 is 2.05 bits per heavy atom. The van der Waals surface area contributed by atoms with E-state index in [4.69, 9.17) is 9.47 Å². The van der Waals surface area contributed by atoms with E-state index in [-0.39, 0.29) is 25.0 Å². The van der Waals surface area contributed by atoms with Gasteiger partial charge in [0.2, 0.25) is 22.7 Å². The van der Waals surface area contributed by atoms with Crippen molar-refractivity contribution in [2.45, 2.75) is 26.4 Å². The third-order valence-electron chi connectivity index (χ3n) is 3.03. The third-order valence-corrected chi connectivity index (χ3v) is 4.51. The molecule has 0 bridgehead atoms. The maximum atomic E-state index is 11.8. The SMILES string of the molecule is CCS(=O)(=O)N[C@@H](C)C(=O)NCc1ccc2c(c1)OCO2. The average molecular weight is 314 g/mol. The van der Waals surface area contributed by atoms with Crippen LogP contribution in [0, 0.1) is 0 Å². The minimum Gasteiger partial charge on any atom is -0.454 e. The Labute approximate surface area is 123 Å². The highest BCUT2D eigenvalue weighted by molar-refractivity contribution is 7.89. The van der Waals surface area contributed by atoms with Crippen LogP contribution in [0.1, 0.15) is 19.4 Å². The van der Waals surface area contributed by atoms with E-state index >= 15 is 0 Å². The molecule has 0 spiro atoms. The Morgan fingerprint density at radius 3 is 2.76 bits per heavy atom. The van der Waals surface area contributed by atoms with Gasteiger partial charge in [-0.1, -0.05) is 6.07 Å². The van der Waals surface area contributed by atoms with Crippen molar-refractivity contribution in [3.63, 3.8) is 0 Å². The molecule has 21 heavy (non-hydrogen) atoms. The lowest BCUT2D eigenvalue weighted by atomic mass is 10.2. The van der Waals surface area contributed by atoms with Crippen molar-refractivity contribution in [2.75, 3.05) is 12.5 Å². The molecular weight excluding hydrogens is 296 g/mol. The highest BCUT2D eigenvalue weighted by atomic mass is 32.2. The number of rotatable bonds is 6. The van der Waals surface area contributed by atoms with Crippen molar-refractivity contribution in [2.24, 2.45) is 0 Å². The maximum Gasteiger partial charge on any atom is 0.238 e. The van der Waals surface area contributed by atoms with E-state index in [1.807, 2.05) is 6.07 Å².